The number of halogens is 1. The molecule has 1 rings (SSSR count). The number of hydrogen-bond acceptors (Lipinski definition) is 3. The molecule has 0 unspecified atom stereocenters. The summed E-state index contributed by atoms with van der Waals surface area (Å²) in [5.74, 6) is 1.12. The highest BCUT2D eigenvalue weighted by atomic mass is 35.5. The summed E-state index contributed by atoms with van der Waals surface area (Å²) in [7, 11) is 2.07. The molecule has 0 amide bonds. The lowest BCUT2D eigenvalue weighted by atomic mass is 10.2. The first-order valence-corrected chi connectivity index (χ1v) is 6.64. The Morgan fingerprint density at radius 2 is 2.20 bits per heavy atom. The fraction of sp³-hybridized carbons (Fsp3) is 0.455. The van der Waals surface area contributed by atoms with Gasteiger partial charge in [-0.15, -0.1) is 0 Å². The van der Waals surface area contributed by atoms with Gasteiger partial charge in [0, 0.05) is 36.6 Å². The third-order valence-electron chi connectivity index (χ3n) is 2.33. The Morgan fingerprint density at radius 3 is 2.73 bits per heavy atom. The van der Waals surface area contributed by atoms with Crippen LogP contribution in [-0.4, -0.2) is 25.6 Å². The van der Waals surface area contributed by atoms with Crippen LogP contribution in [0.5, 0.6) is 0 Å². The molecule has 0 aliphatic heterocycles. The zero-order valence-corrected chi connectivity index (χ0v) is 10.7. The van der Waals surface area contributed by atoms with Gasteiger partial charge in [-0.25, -0.2) is 0 Å². The molecule has 1 aromatic carbocycles. The Hall–Kier alpha value is -0.380. The van der Waals surface area contributed by atoms with Crippen molar-refractivity contribution in [3.05, 3.63) is 28.8 Å². The maximum Gasteiger partial charge on any atom is 0.0471 e. The molecule has 0 atom stereocenters. The number of hydrogen-bond donors (Lipinski definition) is 1. The van der Waals surface area contributed by atoms with Gasteiger partial charge >= 0.3 is 0 Å². The van der Waals surface area contributed by atoms with Crippen LogP contribution in [0.3, 0.4) is 0 Å². The van der Waals surface area contributed by atoms with Crippen LogP contribution in [0.15, 0.2) is 18.2 Å². The molecule has 2 N–H and O–H groups in total. The van der Waals surface area contributed by atoms with Gasteiger partial charge in [-0.05, 0) is 24.0 Å². The number of anilines is 1. The highest BCUT2D eigenvalue weighted by Gasteiger charge is 2.03. The molecule has 0 aromatic heterocycles. The van der Waals surface area contributed by atoms with Crippen molar-refractivity contribution in [2.45, 2.75) is 6.54 Å². The summed E-state index contributed by atoms with van der Waals surface area (Å²) in [6.07, 6.45) is 2.11. The fourth-order valence-corrected chi connectivity index (χ4v) is 2.00. The second-order valence-corrected chi connectivity index (χ2v) is 4.79. The maximum atomic E-state index is 6.10. The highest BCUT2D eigenvalue weighted by Crippen LogP contribution is 2.22. The predicted molar refractivity (Wildman–Crippen MR) is 71.0 cm³/mol. The summed E-state index contributed by atoms with van der Waals surface area (Å²) in [6, 6.07) is 6.03. The maximum absolute atomic E-state index is 6.10. The highest BCUT2D eigenvalue weighted by molar-refractivity contribution is 7.98. The van der Waals surface area contributed by atoms with Crippen LogP contribution in [-0.2, 0) is 6.54 Å². The van der Waals surface area contributed by atoms with Gasteiger partial charge in [0.25, 0.3) is 0 Å². The molecule has 0 bridgehead atoms. The molecular weight excluding hydrogens is 228 g/mol. The first kappa shape index (κ1) is 12.7. The smallest absolute Gasteiger partial charge is 0.0471 e. The first-order chi connectivity index (χ1) is 7.19. The van der Waals surface area contributed by atoms with Crippen molar-refractivity contribution in [2.24, 2.45) is 5.73 Å². The van der Waals surface area contributed by atoms with Gasteiger partial charge in [-0.3, -0.25) is 0 Å². The van der Waals surface area contributed by atoms with Crippen LogP contribution >= 0.6 is 23.4 Å². The number of nitrogens with zero attached hydrogens (tertiary/aromatic N) is 1. The monoisotopic (exact) mass is 244 g/mol. The predicted octanol–water partition coefficient (Wildman–Crippen LogP) is 2.60. The van der Waals surface area contributed by atoms with Crippen molar-refractivity contribution in [3.63, 3.8) is 0 Å². The van der Waals surface area contributed by atoms with E-state index >= 15 is 0 Å². The fourth-order valence-electron chi connectivity index (χ4n) is 1.30. The summed E-state index contributed by atoms with van der Waals surface area (Å²) in [5.41, 5.74) is 7.70. The SMILES string of the molecule is CSCCN(C)c1ccc(CN)c(Cl)c1. The Kier molecular flexibility index (Phi) is 5.29. The second-order valence-electron chi connectivity index (χ2n) is 3.39. The first-order valence-electron chi connectivity index (χ1n) is 4.87. The van der Waals surface area contributed by atoms with E-state index in [1.807, 2.05) is 23.9 Å². The summed E-state index contributed by atoms with van der Waals surface area (Å²) >= 11 is 7.94. The van der Waals surface area contributed by atoms with Crippen molar-refractivity contribution in [2.75, 3.05) is 30.5 Å². The molecule has 0 spiro atoms. The lowest BCUT2D eigenvalue weighted by Gasteiger charge is -2.19. The average molecular weight is 245 g/mol. The van der Waals surface area contributed by atoms with Crippen LogP contribution in [0.1, 0.15) is 5.56 Å². The van der Waals surface area contributed by atoms with Crippen LogP contribution in [0.25, 0.3) is 0 Å². The van der Waals surface area contributed by atoms with E-state index in [1.165, 1.54) is 0 Å². The van der Waals surface area contributed by atoms with E-state index in [1.54, 1.807) is 0 Å². The number of nitrogens with two attached hydrogens (primary N) is 1. The molecule has 0 aliphatic rings. The van der Waals surface area contributed by atoms with E-state index in [-0.39, 0.29) is 0 Å². The second kappa shape index (κ2) is 6.26. The Balaban J connectivity index is 2.73. The van der Waals surface area contributed by atoms with Crippen molar-refractivity contribution in [1.82, 2.24) is 0 Å². The average Bonchev–Trinajstić information content (AvgIpc) is 2.25. The molecule has 0 saturated heterocycles. The third-order valence-corrected chi connectivity index (χ3v) is 3.27. The van der Waals surface area contributed by atoms with E-state index in [0.717, 1.165) is 28.6 Å². The lowest BCUT2D eigenvalue weighted by Crippen LogP contribution is -2.20. The molecule has 84 valence electrons. The number of thioether (sulfide) groups is 1. The molecule has 0 radical (unpaired) electrons. The normalized spacial score (nSPS) is 10.4. The Bertz CT molecular complexity index is 317. The van der Waals surface area contributed by atoms with E-state index in [0.29, 0.717) is 6.54 Å². The largest absolute Gasteiger partial charge is 0.374 e. The molecule has 0 saturated carbocycles. The van der Waals surface area contributed by atoms with Crippen molar-refractivity contribution in [1.29, 1.82) is 0 Å². The molecular formula is C11H17ClN2S. The van der Waals surface area contributed by atoms with E-state index in [9.17, 15) is 0 Å². The van der Waals surface area contributed by atoms with Crippen molar-refractivity contribution in [3.8, 4) is 0 Å². The van der Waals surface area contributed by atoms with Crippen molar-refractivity contribution < 1.29 is 0 Å². The zero-order valence-electron chi connectivity index (χ0n) is 9.16. The van der Waals surface area contributed by atoms with Gasteiger partial charge < -0.3 is 10.6 Å². The lowest BCUT2D eigenvalue weighted by molar-refractivity contribution is 0.974. The molecule has 0 fully saturated rings. The van der Waals surface area contributed by atoms with Gasteiger partial charge in [-0.2, -0.15) is 11.8 Å². The van der Waals surface area contributed by atoms with Crippen LogP contribution in [0.4, 0.5) is 5.69 Å². The number of rotatable bonds is 5. The molecule has 0 heterocycles. The van der Waals surface area contributed by atoms with E-state index in [4.69, 9.17) is 17.3 Å². The van der Waals surface area contributed by atoms with E-state index in [2.05, 4.69) is 24.3 Å². The minimum atomic E-state index is 0.494. The third kappa shape index (κ3) is 3.59. The van der Waals surface area contributed by atoms with Gasteiger partial charge in [0.2, 0.25) is 0 Å². The minimum Gasteiger partial charge on any atom is -0.374 e. The summed E-state index contributed by atoms with van der Waals surface area (Å²) in [6.45, 7) is 1.52. The standard InChI is InChI=1S/C11H17ClN2S/c1-14(5-6-15-2)10-4-3-9(8-13)11(12)7-10/h3-4,7H,5-6,8,13H2,1-2H3. The zero-order chi connectivity index (χ0) is 11.3. The quantitative estimate of drug-likeness (QED) is 0.864. The van der Waals surface area contributed by atoms with Crippen LogP contribution < -0.4 is 10.6 Å². The van der Waals surface area contributed by atoms with E-state index < -0.39 is 0 Å². The summed E-state index contributed by atoms with van der Waals surface area (Å²) in [5, 5.41) is 0.756. The van der Waals surface area contributed by atoms with Gasteiger partial charge in [0.15, 0.2) is 0 Å². The Morgan fingerprint density at radius 1 is 1.47 bits per heavy atom. The number of benzene rings is 1. The van der Waals surface area contributed by atoms with Crippen LogP contribution in [0.2, 0.25) is 5.02 Å². The molecule has 1 aromatic rings. The van der Waals surface area contributed by atoms with Crippen LogP contribution in [0, 0.1) is 0 Å². The van der Waals surface area contributed by atoms with Crippen molar-refractivity contribution >= 4 is 29.1 Å². The molecule has 4 heteroatoms. The summed E-state index contributed by atoms with van der Waals surface area (Å²) in [4.78, 5) is 2.20. The minimum absolute atomic E-state index is 0.494. The Labute approximate surface area is 101 Å². The van der Waals surface area contributed by atoms with Gasteiger partial charge in [0.05, 0.1) is 0 Å². The molecule has 2 nitrogen and oxygen atoms in total. The topological polar surface area (TPSA) is 29.3 Å². The molecule has 15 heavy (non-hydrogen) atoms. The van der Waals surface area contributed by atoms with Gasteiger partial charge in [-0.1, -0.05) is 17.7 Å². The molecule has 0 aliphatic carbocycles. The summed E-state index contributed by atoms with van der Waals surface area (Å²) < 4.78 is 0. The van der Waals surface area contributed by atoms with Gasteiger partial charge in [0.1, 0.15) is 0 Å².